The number of carboxylic acids is 1. The Balaban J connectivity index is 1.91. The van der Waals surface area contributed by atoms with Crippen LogP contribution in [0.3, 0.4) is 0 Å². The minimum Gasteiger partial charge on any atom is -0.495 e. The Bertz CT molecular complexity index is 1030. The van der Waals surface area contributed by atoms with E-state index in [9.17, 15) is 18.0 Å². The van der Waals surface area contributed by atoms with E-state index in [0.29, 0.717) is 13.2 Å². The third kappa shape index (κ3) is 4.56. The number of carbonyl (C=O) groups excluding carboxylic acids is 1. The fraction of sp³-hybridized carbons (Fsp3) is 0.263. The molecule has 0 saturated carbocycles. The summed E-state index contributed by atoms with van der Waals surface area (Å²) in [5.74, 6) is -1.57. The Hall–Kier alpha value is -2.95. The van der Waals surface area contributed by atoms with Crippen LogP contribution in [0.25, 0.3) is 0 Å². The van der Waals surface area contributed by atoms with E-state index in [-0.39, 0.29) is 40.5 Å². The highest BCUT2D eigenvalue weighted by Crippen LogP contribution is 2.28. The second-order valence-electron chi connectivity index (χ2n) is 6.22. The number of nitrogens with one attached hydrogen (secondary N) is 1. The Morgan fingerprint density at radius 2 is 1.83 bits per heavy atom. The van der Waals surface area contributed by atoms with Crippen molar-refractivity contribution in [3.63, 3.8) is 0 Å². The number of carbonyl (C=O) groups is 2. The van der Waals surface area contributed by atoms with Crippen LogP contribution in [0.2, 0.25) is 0 Å². The van der Waals surface area contributed by atoms with Gasteiger partial charge in [-0.25, -0.2) is 13.2 Å². The summed E-state index contributed by atoms with van der Waals surface area (Å²) in [5.41, 5.74) is 0.398. The second-order valence-corrected chi connectivity index (χ2v) is 8.13. The molecule has 0 radical (unpaired) electrons. The van der Waals surface area contributed by atoms with Crippen LogP contribution in [-0.4, -0.2) is 63.1 Å². The van der Waals surface area contributed by atoms with Gasteiger partial charge in [0.2, 0.25) is 10.0 Å². The molecule has 1 aliphatic rings. The van der Waals surface area contributed by atoms with Crippen molar-refractivity contribution in [3.05, 3.63) is 53.6 Å². The molecule has 1 fully saturated rings. The zero-order valence-electron chi connectivity index (χ0n) is 15.6. The van der Waals surface area contributed by atoms with Crippen molar-refractivity contribution in [1.82, 2.24) is 4.31 Å². The van der Waals surface area contributed by atoms with E-state index in [1.54, 1.807) is 6.07 Å². The summed E-state index contributed by atoms with van der Waals surface area (Å²) >= 11 is 0. The van der Waals surface area contributed by atoms with Crippen LogP contribution in [0.15, 0.2) is 47.4 Å². The number of nitrogens with zero attached hydrogens (tertiary/aromatic N) is 1. The molecule has 3 rings (SSSR count). The highest BCUT2D eigenvalue weighted by Gasteiger charge is 2.30. The summed E-state index contributed by atoms with van der Waals surface area (Å²) in [6, 6.07) is 9.86. The Labute approximate surface area is 167 Å². The fourth-order valence-corrected chi connectivity index (χ4v) is 4.47. The van der Waals surface area contributed by atoms with Crippen molar-refractivity contribution in [2.75, 3.05) is 38.7 Å². The molecule has 2 aromatic rings. The topological polar surface area (TPSA) is 122 Å². The summed E-state index contributed by atoms with van der Waals surface area (Å²) < 4.78 is 37.7. The lowest BCUT2D eigenvalue weighted by Crippen LogP contribution is -2.40. The molecule has 154 valence electrons. The van der Waals surface area contributed by atoms with Crippen LogP contribution in [0.1, 0.15) is 20.7 Å². The standard InChI is InChI=1S/C19H20N2O7S/c1-27-16-6-5-13(12-17(16)29(25,26)21-7-9-28-10-8-21)18(22)20-15-4-2-3-14(11-15)19(23)24/h2-6,11-12H,7-10H2,1H3,(H,20,22)(H,23,24). The number of ether oxygens (including phenoxy) is 2. The number of hydrogen-bond acceptors (Lipinski definition) is 6. The number of aromatic carboxylic acids is 1. The van der Waals surface area contributed by atoms with Crippen LogP contribution < -0.4 is 10.1 Å². The molecule has 9 nitrogen and oxygen atoms in total. The molecule has 1 heterocycles. The van der Waals surface area contributed by atoms with Gasteiger partial charge in [0.05, 0.1) is 25.9 Å². The fourth-order valence-electron chi connectivity index (χ4n) is 2.88. The van der Waals surface area contributed by atoms with Gasteiger partial charge >= 0.3 is 5.97 Å². The lowest BCUT2D eigenvalue weighted by atomic mass is 10.1. The monoisotopic (exact) mass is 420 g/mol. The molecule has 0 bridgehead atoms. The summed E-state index contributed by atoms with van der Waals surface area (Å²) in [4.78, 5) is 23.6. The predicted molar refractivity (Wildman–Crippen MR) is 104 cm³/mol. The van der Waals surface area contributed by atoms with Gasteiger partial charge in [-0.15, -0.1) is 0 Å². The zero-order chi connectivity index (χ0) is 21.0. The lowest BCUT2D eigenvalue weighted by Gasteiger charge is -2.26. The molecule has 0 aliphatic carbocycles. The molecule has 2 N–H and O–H groups in total. The molecule has 0 unspecified atom stereocenters. The molecule has 0 aromatic heterocycles. The van der Waals surface area contributed by atoms with E-state index >= 15 is 0 Å². The van der Waals surface area contributed by atoms with Gasteiger partial charge in [-0.1, -0.05) is 6.07 Å². The molecular weight excluding hydrogens is 400 g/mol. The maximum atomic E-state index is 13.0. The SMILES string of the molecule is COc1ccc(C(=O)Nc2cccc(C(=O)O)c2)cc1S(=O)(=O)N1CCOCC1. The molecule has 10 heteroatoms. The van der Waals surface area contributed by atoms with E-state index in [0.717, 1.165) is 0 Å². The molecule has 1 aliphatic heterocycles. The minimum absolute atomic E-state index is 0.0214. The molecule has 2 aromatic carbocycles. The van der Waals surface area contributed by atoms with Gasteiger partial charge in [0.15, 0.2) is 0 Å². The van der Waals surface area contributed by atoms with Crippen molar-refractivity contribution in [1.29, 1.82) is 0 Å². The van der Waals surface area contributed by atoms with Gasteiger partial charge in [0.25, 0.3) is 5.91 Å². The number of hydrogen-bond donors (Lipinski definition) is 2. The van der Waals surface area contributed by atoms with E-state index < -0.39 is 21.9 Å². The predicted octanol–water partition coefficient (Wildman–Crippen LogP) is 1.67. The first-order chi connectivity index (χ1) is 13.8. The highest BCUT2D eigenvalue weighted by molar-refractivity contribution is 7.89. The van der Waals surface area contributed by atoms with Gasteiger partial charge in [-0.3, -0.25) is 4.79 Å². The Kier molecular flexibility index (Phi) is 6.16. The van der Waals surface area contributed by atoms with Crippen molar-refractivity contribution < 1.29 is 32.6 Å². The summed E-state index contributed by atoms with van der Waals surface area (Å²) in [6.07, 6.45) is 0. The van der Waals surface area contributed by atoms with E-state index in [1.165, 1.54) is 47.8 Å². The van der Waals surface area contributed by atoms with Crippen LogP contribution in [0.4, 0.5) is 5.69 Å². The largest absolute Gasteiger partial charge is 0.495 e. The zero-order valence-corrected chi connectivity index (χ0v) is 16.4. The number of sulfonamides is 1. The van der Waals surface area contributed by atoms with Gasteiger partial charge in [-0.2, -0.15) is 4.31 Å². The third-order valence-corrected chi connectivity index (χ3v) is 6.30. The van der Waals surface area contributed by atoms with Crippen LogP contribution in [0, 0.1) is 0 Å². The molecule has 29 heavy (non-hydrogen) atoms. The summed E-state index contributed by atoms with van der Waals surface area (Å²) in [5, 5.41) is 11.6. The van der Waals surface area contributed by atoms with Gasteiger partial charge in [0.1, 0.15) is 10.6 Å². The molecule has 0 spiro atoms. The number of morpholine rings is 1. The number of carboxylic acid groups (broad SMARTS) is 1. The molecule has 0 atom stereocenters. The van der Waals surface area contributed by atoms with E-state index in [4.69, 9.17) is 14.6 Å². The van der Waals surface area contributed by atoms with Crippen molar-refractivity contribution in [2.24, 2.45) is 0 Å². The average molecular weight is 420 g/mol. The van der Waals surface area contributed by atoms with Crippen LogP contribution >= 0.6 is 0 Å². The third-order valence-electron chi connectivity index (χ3n) is 4.38. The van der Waals surface area contributed by atoms with Gasteiger partial charge in [0, 0.05) is 24.3 Å². The summed E-state index contributed by atoms with van der Waals surface area (Å²) in [6.45, 7) is 1.01. The van der Waals surface area contributed by atoms with Crippen LogP contribution in [0.5, 0.6) is 5.75 Å². The minimum atomic E-state index is -3.88. The first-order valence-corrected chi connectivity index (χ1v) is 10.2. The normalized spacial score (nSPS) is 14.9. The highest BCUT2D eigenvalue weighted by atomic mass is 32.2. The first-order valence-electron chi connectivity index (χ1n) is 8.73. The average Bonchev–Trinajstić information content (AvgIpc) is 2.74. The van der Waals surface area contributed by atoms with E-state index in [2.05, 4.69) is 5.32 Å². The number of methoxy groups -OCH3 is 1. The van der Waals surface area contributed by atoms with Gasteiger partial charge < -0.3 is 19.9 Å². The number of amides is 1. The lowest BCUT2D eigenvalue weighted by molar-refractivity contribution is 0.0696. The first kappa shape index (κ1) is 20.8. The molecular formula is C19H20N2O7S. The quantitative estimate of drug-likeness (QED) is 0.729. The Morgan fingerprint density at radius 3 is 2.48 bits per heavy atom. The number of benzene rings is 2. The van der Waals surface area contributed by atoms with Crippen molar-refractivity contribution in [2.45, 2.75) is 4.90 Å². The van der Waals surface area contributed by atoms with Crippen LogP contribution in [-0.2, 0) is 14.8 Å². The molecule has 1 amide bonds. The Morgan fingerprint density at radius 1 is 1.10 bits per heavy atom. The molecule has 1 saturated heterocycles. The van der Waals surface area contributed by atoms with Crippen molar-refractivity contribution in [3.8, 4) is 5.75 Å². The smallest absolute Gasteiger partial charge is 0.335 e. The summed E-state index contributed by atoms with van der Waals surface area (Å²) in [7, 11) is -2.53. The number of rotatable bonds is 6. The number of anilines is 1. The second kappa shape index (κ2) is 8.60. The maximum absolute atomic E-state index is 13.0. The van der Waals surface area contributed by atoms with Crippen molar-refractivity contribution >= 4 is 27.6 Å². The van der Waals surface area contributed by atoms with Gasteiger partial charge in [-0.05, 0) is 36.4 Å². The maximum Gasteiger partial charge on any atom is 0.335 e. The van der Waals surface area contributed by atoms with E-state index in [1.807, 2.05) is 0 Å².